The van der Waals surface area contributed by atoms with Crippen LogP contribution in [0.15, 0.2) is 0 Å². The van der Waals surface area contributed by atoms with E-state index in [4.69, 9.17) is 28.4 Å². The molecule has 0 saturated carbocycles. The fourth-order valence-electron chi connectivity index (χ4n) is 2.95. The van der Waals surface area contributed by atoms with Gasteiger partial charge in [-0.3, -0.25) is 4.79 Å². The van der Waals surface area contributed by atoms with E-state index in [9.17, 15) is 9.59 Å². The van der Waals surface area contributed by atoms with Crippen molar-refractivity contribution < 1.29 is 38.0 Å². The summed E-state index contributed by atoms with van der Waals surface area (Å²) in [5.74, 6) is -0.787. The number of carbonyl (C=O) groups excluding carboxylic acids is 2. The van der Waals surface area contributed by atoms with Gasteiger partial charge in [0.2, 0.25) is 0 Å². The third-order valence-electron chi connectivity index (χ3n) is 5.74. The van der Waals surface area contributed by atoms with E-state index in [1.165, 1.54) is 0 Å². The van der Waals surface area contributed by atoms with Crippen LogP contribution in [0.5, 0.6) is 0 Å². The van der Waals surface area contributed by atoms with Crippen molar-refractivity contribution in [3.63, 3.8) is 0 Å². The molecule has 0 atom stereocenters. The minimum absolute atomic E-state index is 0.0804. The van der Waals surface area contributed by atoms with Gasteiger partial charge >= 0.3 is 11.9 Å². The predicted octanol–water partition coefficient (Wildman–Crippen LogP) is 4.71. The minimum atomic E-state index is -1.13. The van der Waals surface area contributed by atoms with Gasteiger partial charge in [0, 0.05) is 0 Å². The van der Waals surface area contributed by atoms with Gasteiger partial charge in [-0.15, -0.1) is 0 Å². The SMILES string of the molecule is CC(C)OCCOC(=O)C(C)(C)OC(C)(C)CCOC(C)(C)C(C)(C)C(=O)OCCOC(C)C. The Hall–Kier alpha value is -1.22. The first-order valence-electron chi connectivity index (χ1n) is 12.3. The normalized spacial score (nSPS) is 13.5. The molecule has 34 heavy (non-hydrogen) atoms. The second kappa shape index (κ2) is 13.8. The van der Waals surface area contributed by atoms with Gasteiger partial charge < -0.3 is 28.4 Å². The van der Waals surface area contributed by atoms with Gasteiger partial charge in [0.25, 0.3) is 0 Å². The lowest BCUT2D eigenvalue weighted by molar-refractivity contribution is -0.194. The zero-order valence-electron chi connectivity index (χ0n) is 23.7. The van der Waals surface area contributed by atoms with Gasteiger partial charge in [-0.2, -0.15) is 0 Å². The van der Waals surface area contributed by atoms with E-state index in [1.54, 1.807) is 13.8 Å². The van der Waals surface area contributed by atoms with Gasteiger partial charge in [-0.25, -0.2) is 4.79 Å². The summed E-state index contributed by atoms with van der Waals surface area (Å²) in [7, 11) is 0. The van der Waals surface area contributed by atoms with Crippen molar-refractivity contribution in [2.24, 2.45) is 5.41 Å². The van der Waals surface area contributed by atoms with E-state index in [0.29, 0.717) is 26.2 Å². The summed E-state index contributed by atoms with van der Waals surface area (Å²) < 4.78 is 33.8. The van der Waals surface area contributed by atoms with E-state index in [-0.39, 0.29) is 31.4 Å². The first-order valence-corrected chi connectivity index (χ1v) is 12.3. The van der Waals surface area contributed by atoms with Crippen LogP contribution in [-0.2, 0) is 38.0 Å². The molecule has 0 aromatic carbocycles. The average Bonchev–Trinajstić information content (AvgIpc) is 2.66. The quantitative estimate of drug-likeness (QED) is 0.214. The van der Waals surface area contributed by atoms with E-state index in [1.807, 2.05) is 69.2 Å². The van der Waals surface area contributed by atoms with Crippen LogP contribution in [0.4, 0.5) is 0 Å². The van der Waals surface area contributed by atoms with Crippen LogP contribution in [-0.4, -0.2) is 74.0 Å². The standard InChI is InChI=1S/C26H50O8/c1-19(2)29-15-17-31-21(27)24(7,8)26(11,12)33-14-13-23(5,6)34-25(9,10)22(28)32-18-16-30-20(3)4/h19-20H,13-18H2,1-12H3. The Kier molecular flexibility index (Phi) is 13.3. The largest absolute Gasteiger partial charge is 0.463 e. The Morgan fingerprint density at radius 3 is 1.53 bits per heavy atom. The highest BCUT2D eigenvalue weighted by molar-refractivity contribution is 5.78. The Morgan fingerprint density at radius 1 is 0.647 bits per heavy atom. The molecule has 0 unspecified atom stereocenters. The molecule has 0 rings (SSSR count). The second-order valence-corrected chi connectivity index (χ2v) is 11.2. The fourth-order valence-corrected chi connectivity index (χ4v) is 2.95. The highest BCUT2D eigenvalue weighted by atomic mass is 16.6. The number of esters is 2. The van der Waals surface area contributed by atoms with Gasteiger partial charge in [0.1, 0.15) is 13.2 Å². The molecule has 0 aliphatic carbocycles. The molecular formula is C26H50O8. The summed E-state index contributed by atoms with van der Waals surface area (Å²) in [6.07, 6.45) is 0.677. The molecule has 0 saturated heterocycles. The summed E-state index contributed by atoms with van der Waals surface area (Å²) in [5, 5.41) is 0. The summed E-state index contributed by atoms with van der Waals surface area (Å²) in [6.45, 7) is 23.6. The molecule has 8 nitrogen and oxygen atoms in total. The number of rotatable bonds is 17. The molecular weight excluding hydrogens is 440 g/mol. The first kappa shape index (κ1) is 32.8. The highest BCUT2D eigenvalue weighted by Crippen LogP contribution is 2.36. The summed E-state index contributed by atoms with van der Waals surface area (Å²) in [6, 6.07) is 0. The molecule has 0 aromatic heterocycles. The molecule has 8 heteroatoms. The van der Waals surface area contributed by atoms with E-state index in [0.717, 1.165) is 0 Å². The maximum absolute atomic E-state index is 12.7. The van der Waals surface area contributed by atoms with Crippen LogP contribution in [0.1, 0.15) is 89.5 Å². The van der Waals surface area contributed by atoms with E-state index < -0.39 is 28.2 Å². The van der Waals surface area contributed by atoms with Crippen molar-refractivity contribution in [1.82, 2.24) is 0 Å². The molecule has 0 N–H and O–H groups in total. The monoisotopic (exact) mass is 490 g/mol. The van der Waals surface area contributed by atoms with E-state index in [2.05, 4.69) is 0 Å². The van der Waals surface area contributed by atoms with Crippen LogP contribution >= 0.6 is 0 Å². The lowest BCUT2D eigenvalue weighted by Gasteiger charge is -2.40. The molecule has 0 amide bonds. The van der Waals surface area contributed by atoms with Crippen molar-refractivity contribution >= 4 is 11.9 Å². The Bertz CT molecular complexity index is 620. The van der Waals surface area contributed by atoms with Crippen LogP contribution in [0.25, 0.3) is 0 Å². The van der Waals surface area contributed by atoms with Crippen LogP contribution in [0.3, 0.4) is 0 Å². The van der Waals surface area contributed by atoms with Gasteiger partial charge in [-0.1, -0.05) is 0 Å². The topological polar surface area (TPSA) is 89.5 Å². The maximum atomic E-state index is 12.7. The van der Waals surface area contributed by atoms with Crippen molar-refractivity contribution in [3.8, 4) is 0 Å². The van der Waals surface area contributed by atoms with Gasteiger partial charge in [0.15, 0.2) is 5.60 Å². The molecule has 202 valence electrons. The molecule has 0 radical (unpaired) electrons. The summed E-state index contributed by atoms with van der Waals surface area (Å²) in [5.41, 5.74) is -3.45. The summed E-state index contributed by atoms with van der Waals surface area (Å²) >= 11 is 0. The predicted molar refractivity (Wildman–Crippen MR) is 132 cm³/mol. The highest BCUT2D eigenvalue weighted by Gasteiger charge is 2.46. The second-order valence-electron chi connectivity index (χ2n) is 11.2. The third kappa shape index (κ3) is 12.0. The van der Waals surface area contributed by atoms with Gasteiger partial charge in [0.05, 0.1) is 48.6 Å². The Balaban J connectivity index is 4.72. The van der Waals surface area contributed by atoms with Crippen molar-refractivity contribution in [2.45, 2.75) is 119 Å². The minimum Gasteiger partial charge on any atom is -0.463 e. The lowest BCUT2D eigenvalue weighted by atomic mass is 9.77. The lowest BCUT2D eigenvalue weighted by Crippen LogP contribution is -2.49. The zero-order chi connectivity index (χ0) is 26.8. The van der Waals surface area contributed by atoms with Crippen LogP contribution < -0.4 is 0 Å². The molecule has 0 aliphatic heterocycles. The number of carbonyl (C=O) groups is 2. The van der Waals surface area contributed by atoms with Gasteiger partial charge in [-0.05, 0) is 89.5 Å². The maximum Gasteiger partial charge on any atom is 0.337 e. The summed E-state index contributed by atoms with van der Waals surface area (Å²) in [4.78, 5) is 25.2. The molecule has 0 aromatic rings. The molecule has 0 aliphatic rings. The molecule has 0 spiro atoms. The number of hydrogen-bond donors (Lipinski definition) is 0. The van der Waals surface area contributed by atoms with Crippen LogP contribution in [0.2, 0.25) is 0 Å². The van der Waals surface area contributed by atoms with Crippen molar-refractivity contribution in [2.75, 3.05) is 33.0 Å². The fraction of sp³-hybridized carbons (Fsp3) is 0.923. The first-order chi connectivity index (χ1) is 15.3. The Morgan fingerprint density at radius 2 is 1.09 bits per heavy atom. The van der Waals surface area contributed by atoms with Crippen molar-refractivity contribution in [3.05, 3.63) is 0 Å². The average molecular weight is 491 g/mol. The Labute approximate surface area is 207 Å². The third-order valence-corrected chi connectivity index (χ3v) is 5.74. The number of ether oxygens (including phenoxy) is 6. The molecule has 0 fully saturated rings. The number of hydrogen-bond acceptors (Lipinski definition) is 8. The molecule has 0 bridgehead atoms. The smallest absolute Gasteiger partial charge is 0.337 e. The van der Waals surface area contributed by atoms with Crippen LogP contribution in [0, 0.1) is 5.41 Å². The zero-order valence-corrected chi connectivity index (χ0v) is 23.7. The van der Waals surface area contributed by atoms with Crippen molar-refractivity contribution in [1.29, 1.82) is 0 Å². The van der Waals surface area contributed by atoms with E-state index >= 15 is 0 Å². The molecule has 0 heterocycles.